The van der Waals surface area contributed by atoms with Crippen molar-refractivity contribution >= 4 is 31.6 Å². The molecule has 2 aromatic rings. The molecule has 0 aliphatic rings. The predicted molar refractivity (Wildman–Crippen MR) is 101 cm³/mol. The van der Waals surface area contributed by atoms with Crippen LogP contribution in [0.3, 0.4) is 0 Å². The van der Waals surface area contributed by atoms with Gasteiger partial charge in [-0.15, -0.1) is 0 Å². The normalized spacial score (nSPS) is 12.1. The average molecular weight is 412 g/mol. The Morgan fingerprint density at radius 3 is 2.29 bits per heavy atom. The minimum Gasteiger partial charge on any atom is -0.496 e. The SMILES string of the molecule is COc1ccc(S(=O)(=O)Nc2ccc(C)cc2Br)cc1C(C)(C)C. The fourth-order valence-corrected chi connectivity index (χ4v) is 4.18. The number of aryl methyl sites for hydroxylation is 1. The van der Waals surface area contributed by atoms with Gasteiger partial charge in [0.15, 0.2) is 0 Å². The number of rotatable bonds is 4. The summed E-state index contributed by atoms with van der Waals surface area (Å²) in [5, 5.41) is 0. The van der Waals surface area contributed by atoms with E-state index >= 15 is 0 Å². The smallest absolute Gasteiger partial charge is 0.261 e. The van der Waals surface area contributed by atoms with Crippen LogP contribution in [0, 0.1) is 6.92 Å². The molecule has 0 radical (unpaired) electrons. The Hall–Kier alpha value is -1.53. The summed E-state index contributed by atoms with van der Waals surface area (Å²) in [5.74, 6) is 0.679. The van der Waals surface area contributed by atoms with Crippen LogP contribution >= 0.6 is 15.9 Å². The van der Waals surface area contributed by atoms with E-state index in [1.54, 1.807) is 31.4 Å². The number of ether oxygens (including phenoxy) is 1. The lowest BCUT2D eigenvalue weighted by Gasteiger charge is -2.23. The van der Waals surface area contributed by atoms with Crippen LogP contribution in [0.5, 0.6) is 5.75 Å². The van der Waals surface area contributed by atoms with Gasteiger partial charge in [0.2, 0.25) is 0 Å². The number of halogens is 1. The molecule has 4 nitrogen and oxygen atoms in total. The Kier molecular flexibility index (Phi) is 5.30. The van der Waals surface area contributed by atoms with E-state index < -0.39 is 10.0 Å². The topological polar surface area (TPSA) is 55.4 Å². The lowest BCUT2D eigenvalue weighted by Crippen LogP contribution is -2.17. The molecular formula is C18H22BrNO3S. The van der Waals surface area contributed by atoms with Gasteiger partial charge in [0, 0.05) is 10.0 Å². The maximum atomic E-state index is 12.7. The number of anilines is 1. The van der Waals surface area contributed by atoms with Crippen LogP contribution in [0.25, 0.3) is 0 Å². The first-order valence-electron chi connectivity index (χ1n) is 7.52. The molecule has 0 aliphatic heterocycles. The van der Waals surface area contributed by atoms with E-state index in [0.717, 1.165) is 11.1 Å². The van der Waals surface area contributed by atoms with E-state index in [9.17, 15) is 8.42 Å². The fraction of sp³-hybridized carbons (Fsp3) is 0.333. The van der Waals surface area contributed by atoms with E-state index in [1.807, 2.05) is 39.8 Å². The highest BCUT2D eigenvalue weighted by molar-refractivity contribution is 9.10. The fourth-order valence-electron chi connectivity index (χ4n) is 2.35. The van der Waals surface area contributed by atoms with Crippen LogP contribution in [0.2, 0.25) is 0 Å². The Labute approximate surface area is 152 Å². The standard InChI is InChI=1S/C18H22BrNO3S/c1-12-6-8-16(15(19)10-12)20-24(21,22)13-7-9-17(23-5)14(11-13)18(2,3)4/h6-11,20H,1-5H3. The van der Waals surface area contributed by atoms with Crippen LogP contribution in [0.15, 0.2) is 45.8 Å². The van der Waals surface area contributed by atoms with E-state index in [-0.39, 0.29) is 10.3 Å². The van der Waals surface area contributed by atoms with E-state index in [1.165, 1.54) is 0 Å². The number of sulfonamides is 1. The maximum Gasteiger partial charge on any atom is 0.261 e. The molecule has 0 aromatic heterocycles. The van der Waals surface area contributed by atoms with Gasteiger partial charge >= 0.3 is 0 Å². The molecular weight excluding hydrogens is 390 g/mol. The van der Waals surface area contributed by atoms with Crippen molar-refractivity contribution < 1.29 is 13.2 Å². The molecule has 0 saturated carbocycles. The summed E-state index contributed by atoms with van der Waals surface area (Å²) in [6, 6.07) is 10.4. The lowest BCUT2D eigenvalue weighted by molar-refractivity contribution is 0.397. The van der Waals surface area contributed by atoms with Gasteiger partial charge in [-0.3, -0.25) is 4.72 Å². The van der Waals surface area contributed by atoms with Crippen molar-refractivity contribution in [3.8, 4) is 5.75 Å². The number of benzene rings is 2. The van der Waals surface area contributed by atoms with Crippen molar-refractivity contribution in [1.82, 2.24) is 0 Å². The molecule has 0 heterocycles. The van der Waals surface area contributed by atoms with Crippen molar-refractivity contribution in [2.45, 2.75) is 38.0 Å². The number of hydrogen-bond donors (Lipinski definition) is 1. The zero-order valence-electron chi connectivity index (χ0n) is 14.5. The molecule has 2 aromatic carbocycles. The summed E-state index contributed by atoms with van der Waals surface area (Å²) in [5.41, 5.74) is 2.16. The second-order valence-electron chi connectivity index (χ2n) is 6.70. The third-order valence-electron chi connectivity index (χ3n) is 3.66. The lowest BCUT2D eigenvalue weighted by atomic mass is 9.86. The van der Waals surface area contributed by atoms with Crippen molar-refractivity contribution in [2.24, 2.45) is 0 Å². The zero-order valence-corrected chi connectivity index (χ0v) is 16.9. The Balaban J connectivity index is 2.46. The molecule has 0 spiro atoms. The maximum absolute atomic E-state index is 12.7. The van der Waals surface area contributed by atoms with Gasteiger partial charge < -0.3 is 4.74 Å². The molecule has 0 atom stereocenters. The zero-order chi connectivity index (χ0) is 18.1. The van der Waals surface area contributed by atoms with Gasteiger partial charge in [-0.05, 0) is 64.2 Å². The summed E-state index contributed by atoms with van der Waals surface area (Å²) in [7, 11) is -2.11. The number of hydrogen-bond acceptors (Lipinski definition) is 3. The van der Waals surface area contributed by atoms with Gasteiger partial charge in [0.1, 0.15) is 5.75 Å². The molecule has 6 heteroatoms. The van der Waals surface area contributed by atoms with Crippen LogP contribution in [0.4, 0.5) is 5.69 Å². The van der Waals surface area contributed by atoms with Crippen LogP contribution in [-0.4, -0.2) is 15.5 Å². The van der Waals surface area contributed by atoms with Crippen molar-refractivity contribution in [2.75, 3.05) is 11.8 Å². The molecule has 0 fully saturated rings. The molecule has 0 unspecified atom stereocenters. The van der Waals surface area contributed by atoms with Crippen LogP contribution in [-0.2, 0) is 15.4 Å². The highest BCUT2D eigenvalue weighted by atomic mass is 79.9. The molecule has 0 bridgehead atoms. The van der Waals surface area contributed by atoms with Gasteiger partial charge in [0.25, 0.3) is 10.0 Å². The van der Waals surface area contributed by atoms with Gasteiger partial charge in [-0.25, -0.2) is 8.42 Å². The summed E-state index contributed by atoms with van der Waals surface area (Å²) >= 11 is 3.39. The van der Waals surface area contributed by atoms with E-state index in [0.29, 0.717) is 15.9 Å². The Morgan fingerprint density at radius 1 is 1.08 bits per heavy atom. The molecule has 0 amide bonds. The van der Waals surface area contributed by atoms with Gasteiger partial charge in [0.05, 0.1) is 17.7 Å². The summed E-state index contributed by atoms with van der Waals surface area (Å²) < 4.78 is 34.2. The first-order valence-corrected chi connectivity index (χ1v) is 9.80. The number of nitrogens with one attached hydrogen (secondary N) is 1. The minimum absolute atomic E-state index is 0.209. The molecule has 2 rings (SSSR count). The number of methoxy groups -OCH3 is 1. The third-order valence-corrected chi connectivity index (χ3v) is 5.68. The second kappa shape index (κ2) is 6.76. The summed E-state index contributed by atoms with van der Waals surface area (Å²) in [6.07, 6.45) is 0. The largest absolute Gasteiger partial charge is 0.496 e. The van der Waals surface area contributed by atoms with E-state index in [2.05, 4.69) is 20.7 Å². The summed E-state index contributed by atoms with van der Waals surface area (Å²) in [6.45, 7) is 8.00. The molecule has 130 valence electrons. The van der Waals surface area contributed by atoms with Crippen molar-refractivity contribution in [3.05, 3.63) is 52.0 Å². The van der Waals surface area contributed by atoms with Crippen molar-refractivity contribution in [1.29, 1.82) is 0 Å². The van der Waals surface area contributed by atoms with E-state index in [4.69, 9.17) is 4.74 Å². The first-order chi connectivity index (χ1) is 11.0. The summed E-state index contributed by atoms with van der Waals surface area (Å²) in [4.78, 5) is 0.209. The van der Waals surface area contributed by atoms with Crippen LogP contribution in [0.1, 0.15) is 31.9 Å². The first kappa shape index (κ1) is 18.8. The Bertz CT molecular complexity index is 855. The van der Waals surface area contributed by atoms with Crippen molar-refractivity contribution in [3.63, 3.8) is 0 Å². The third kappa shape index (κ3) is 4.11. The van der Waals surface area contributed by atoms with Crippen LogP contribution < -0.4 is 9.46 Å². The second-order valence-corrected chi connectivity index (χ2v) is 9.24. The minimum atomic E-state index is -3.69. The van der Waals surface area contributed by atoms with Gasteiger partial charge in [-0.1, -0.05) is 26.8 Å². The molecule has 0 aliphatic carbocycles. The predicted octanol–water partition coefficient (Wildman–Crippen LogP) is 4.86. The average Bonchev–Trinajstić information content (AvgIpc) is 2.48. The highest BCUT2D eigenvalue weighted by Crippen LogP contribution is 2.34. The molecule has 1 N–H and O–H groups in total. The van der Waals surface area contributed by atoms with Gasteiger partial charge in [-0.2, -0.15) is 0 Å². The monoisotopic (exact) mass is 411 g/mol. The molecule has 24 heavy (non-hydrogen) atoms. The quantitative estimate of drug-likeness (QED) is 0.780. The highest BCUT2D eigenvalue weighted by Gasteiger charge is 2.23. The molecule has 0 saturated heterocycles. The Morgan fingerprint density at radius 2 is 1.75 bits per heavy atom.